The summed E-state index contributed by atoms with van der Waals surface area (Å²) in [6.45, 7) is 4.11. The molecule has 2 heterocycles. The molecular formula is C10H15N5O. The third-order valence-electron chi connectivity index (χ3n) is 2.75. The van der Waals surface area contributed by atoms with Crippen LogP contribution in [0.15, 0.2) is 16.9 Å². The van der Waals surface area contributed by atoms with Crippen molar-refractivity contribution in [2.24, 2.45) is 0 Å². The van der Waals surface area contributed by atoms with Crippen LogP contribution in [0.3, 0.4) is 0 Å². The first kappa shape index (κ1) is 10.8. The van der Waals surface area contributed by atoms with Crippen molar-refractivity contribution in [2.45, 2.75) is 25.8 Å². The van der Waals surface area contributed by atoms with Gasteiger partial charge in [0.05, 0.1) is 5.92 Å². The largest absolute Gasteiger partial charge is 0.342 e. The number of nitrogens with one attached hydrogen (secondary N) is 2. The van der Waals surface area contributed by atoms with E-state index >= 15 is 0 Å². The second-order valence-corrected chi connectivity index (χ2v) is 3.76. The van der Waals surface area contributed by atoms with Crippen LogP contribution in [-0.4, -0.2) is 33.2 Å². The van der Waals surface area contributed by atoms with E-state index in [4.69, 9.17) is 4.52 Å². The van der Waals surface area contributed by atoms with Gasteiger partial charge in [-0.1, -0.05) is 12.1 Å². The molecule has 2 unspecified atom stereocenters. The predicted octanol–water partition coefficient (Wildman–Crippen LogP) is 1.17. The summed E-state index contributed by atoms with van der Waals surface area (Å²) in [4.78, 5) is 11.3. The SMILES string of the molecule is CNC(C)C(C)c1nc(-c2ncc[nH]2)no1. The molecule has 16 heavy (non-hydrogen) atoms. The van der Waals surface area contributed by atoms with Gasteiger partial charge in [-0.3, -0.25) is 0 Å². The molecule has 6 heteroatoms. The molecule has 86 valence electrons. The van der Waals surface area contributed by atoms with Gasteiger partial charge in [-0.25, -0.2) is 4.98 Å². The molecule has 2 rings (SSSR count). The summed E-state index contributed by atoms with van der Waals surface area (Å²) in [5.74, 6) is 1.91. The van der Waals surface area contributed by atoms with Crippen molar-refractivity contribution in [3.05, 3.63) is 18.3 Å². The van der Waals surface area contributed by atoms with Crippen LogP contribution < -0.4 is 5.32 Å². The number of hydrogen-bond donors (Lipinski definition) is 2. The van der Waals surface area contributed by atoms with E-state index in [-0.39, 0.29) is 12.0 Å². The predicted molar refractivity (Wildman–Crippen MR) is 58.8 cm³/mol. The summed E-state index contributed by atoms with van der Waals surface area (Å²) in [7, 11) is 1.91. The molecule has 6 nitrogen and oxygen atoms in total. The van der Waals surface area contributed by atoms with Crippen molar-refractivity contribution >= 4 is 0 Å². The number of rotatable bonds is 4. The van der Waals surface area contributed by atoms with Crippen LogP contribution in [0.4, 0.5) is 0 Å². The molecule has 0 amide bonds. The zero-order chi connectivity index (χ0) is 11.5. The number of aromatic amines is 1. The molecule has 0 saturated heterocycles. The molecule has 0 bridgehead atoms. The van der Waals surface area contributed by atoms with Crippen molar-refractivity contribution in [1.82, 2.24) is 25.4 Å². The van der Waals surface area contributed by atoms with Crippen LogP contribution >= 0.6 is 0 Å². The highest BCUT2D eigenvalue weighted by atomic mass is 16.5. The van der Waals surface area contributed by atoms with Gasteiger partial charge in [0.1, 0.15) is 0 Å². The van der Waals surface area contributed by atoms with Gasteiger partial charge in [-0.2, -0.15) is 4.98 Å². The van der Waals surface area contributed by atoms with E-state index in [1.54, 1.807) is 12.4 Å². The summed E-state index contributed by atoms with van der Waals surface area (Å²) in [5, 5.41) is 7.04. The molecule has 0 fully saturated rings. The highest BCUT2D eigenvalue weighted by Crippen LogP contribution is 2.19. The maximum atomic E-state index is 5.21. The lowest BCUT2D eigenvalue weighted by Gasteiger charge is -2.14. The van der Waals surface area contributed by atoms with Crippen molar-refractivity contribution < 1.29 is 4.52 Å². The maximum absolute atomic E-state index is 5.21. The topological polar surface area (TPSA) is 79.6 Å². The smallest absolute Gasteiger partial charge is 0.238 e. The van der Waals surface area contributed by atoms with Crippen LogP contribution in [0, 0.1) is 0 Å². The third-order valence-corrected chi connectivity index (χ3v) is 2.75. The number of aromatic nitrogens is 4. The van der Waals surface area contributed by atoms with Crippen molar-refractivity contribution in [1.29, 1.82) is 0 Å². The molecule has 0 aliphatic rings. The van der Waals surface area contributed by atoms with Crippen LogP contribution in [0.25, 0.3) is 11.6 Å². The third kappa shape index (κ3) is 1.96. The Morgan fingerprint density at radius 3 is 2.88 bits per heavy atom. The minimum Gasteiger partial charge on any atom is -0.342 e. The first-order valence-corrected chi connectivity index (χ1v) is 5.23. The molecule has 0 saturated carbocycles. The van der Waals surface area contributed by atoms with E-state index in [0.29, 0.717) is 17.5 Å². The van der Waals surface area contributed by atoms with Gasteiger partial charge in [-0.15, -0.1) is 0 Å². The summed E-state index contributed by atoms with van der Waals surface area (Å²) in [5.41, 5.74) is 0. The van der Waals surface area contributed by atoms with Crippen molar-refractivity contribution in [3.8, 4) is 11.6 Å². The Hall–Kier alpha value is -1.69. The Kier molecular flexibility index (Phi) is 3.00. The lowest BCUT2D eigenvalue weighted by atomic mass is 10.0. The van der Waals surface area contributed by atoms with Crippen molar-refractivity contribution in [3.63, 3.8) is 0 Å². The first-order chi connectivity index (χ1) is 7.72. The zero-order valence-electron chi connectivity index (χ0n) is 9.56. The van der Waals surface area contributed by atoms with Gasteiger partial charge in [0.25, 0.3) is 0 Å². The molecular weight excluding hydrogens is 206 g/mol. The molecule has 0 radical (unpaired) electrons. The highest BCUT2D eigenvalue weighted by Gasteiger charge is 2.20. The molecule has 2 aromatic heterocycles. The van der Waals surface area contributed by atoms with Crippen LogP contribution in [0.1, 0.15) is 25.7 Å². The molecule has 0 aliphatic carbocycles. The fourth-order valence-corrected chi connectivity index (χ4v) is 1.37. The summed E-state index contributed by atoms with van der Waals surface area (Å²) >= 11 is 0. The molecule has 0 spiro atoms. The van der Waals surface area contributed by atoms with Gasteiger partial charge >= 0.3 is 0 Å². The van der Waals surface area contributed by atoms with Crippen LogP contribution in [0.5, 0.6) is 0 Å². The summed E-state index contributed by atoms with van der Waals surface area (Å²) < 4.78 is 5.21. The molecule has 2 aromatic rings. The van der Waals surface area contributed by atoms with Gasteiger partial charge < -0.3 is 14.8 Å². The zero-order valence-corrected chi connectivity index (χ0v) is 9.56. The molecule has 0 aromatic carbocycles. The van der Waals surface area contributed by atoms with Gasteiger partial charge in [0.2, 0.25) is 11.7 Å². The maximum Gasteiger partial charge on any atom is 0.238 e. The quantitative estimate of drug-likeness (QED) is 0.810. The average Bonchev–Trinajstić information content (AvgIpc) is 2.96. The Balaban J connectivity index is 2.20. The molecule has 0 aliphatic heterocycles. The molecule has 2 atom stereocenters. The fraction of sp³-hybridized carbons (Fsp3) is 0.500. The fourth-order valence-electron chi connectivity index (χ4n) is 1.37. The van der Waals surface area contributed by atoms with Gasteiger partial charge in [-0.05, 0) is 14.0 Å². The number of nitrogens with zero attached hydrogens (tertiary/aromatic N) is 3. The van der Waals surface area contributed by atoms with Gasteiger partial charge in [0.15, 0.2) is 5.82 Å². The number of imidazole rings is 1. The normalized spacial score (nSPS) is 14.9. The van der Waals surface area contributed by atoms with E-state index in [9.17, 15) is 0 Å². The lowest BCUT2D eigenvalue weighted by molar-refractivity contribution is 0.336. The minimum absolute atomic E-state index is 0.168. The van der Waals surface area contributed by atoms with Crippen LogP contribution in [-0.2, 0) is 0 Å². The average molecular weight is 221 g/mol. The van der Waals surface area contributed by atoms with E-state index in [1.807, 2.05) is 14.0 Å². The Morgan fingerprint density at radius 1 is 1.44 bits per heavy atom. The summed E-state index contributed by atoms with van der Waals surface area (Å²) in [6, 6.07) is 0.282. The van der Waals surface area contributed by atoms with E-state index in [1.165, 1.54) is 0 Å². The number of likely N-dealkylation sites (N-methyl/N-ethyl adjacent to an activating group) is 1. The summed E-state index contributed by atoms with van der Waals surface area (Å²) in [6.07, 6.45) is 3.38. The monoisotopic (exact) mass is 221 g/mol. The molecule has 2 N–H and O–H groups in total. The van der Waals surface area contributed by atoms with E-state index < -0.39 is 0 Å². The Labute approximate surface area is 93.5 Å². The second kappa shape index (κ2) is 4.44. The van der Waals surface area contributed by atoms with Crippen molar-refractivity contribution in [2.75, 3.05) is 7.05 Å². The highest BCUT2D eigenvalue weighted by molar-refractivity contribution is 5.40. The number of hydrogen-bond acceptors (Lipinski definition) is 5. The number of H-pyrrole nitrogens is 1. The van der Waals surface area contributed by atoms with Gasteiger partial charge in [0, 0.05) is 18.4 Å². The Bertz CT molecular complexity index is 436. The van der Waals surface area contributed by atoms with Crippen LogP contribution in [0.2, 0.25) is 0 Å². The lowest BCUT2D eigenvalue weighted by Crippen LogP contribution is -2.27. The van der Waals surface area contributed by atoms with E-state index in [2.05, 4.69) is 32.3 Å². The Morgan fingerprint density at radius 2 is 2.25 bits per heavy atom. The standard InChI is InChI=1S/C10H15N5O/c1-6(7(2)11-3)10-14-9(15-16-10)8-12-4-5-13-8/h4-7,11H,1-3H3,(H,12,13). The van der Waals surface area contributed by atoms with E-state index in [0.717, 1.165) is 0 Å². The second-order valence-electron chi connectivity index (χ2n) is 3.76. The minimum atomic E-state index is 0.168. The first-order valence-electron chi connectivity index (χ1n) is 5.23.